The molecule has 2 aliphatic heterocycles. The number of hydrogen-bond acceptors (Lipinski definition) is 6. The van der Waals surface area contributed by atoms with Gasteiger partial charge in [-0.3, -0.25) is 9.59 Å². The molecule has 2 aliphatic rings. The smallest absolute Gasteiger partial charge is 0.246 e. The molecule has 176 valence electrons. The number of carbonyl (C=O) groups is 2. The molecule has 0 spiro atoms. The summed E-state index contributed by atoms with van der Waals surface area (Å²) in [6.45, 7) is 2.92. The first kappa shape index (κ1) is 23.7. The van der Waals surface area contributed by atoms with Crippen LogP contribution in [0.1, 0.15) is 6.92 Å². The van der Waals surface area contributed by atoms with Crippen LogP contribution in [0.25, 0.3) is 0 Å². The number of benzene rings is 2. The maximum Gasteiger partial charge on any atom is 0.246 e. The number of morpholine rings is 1. The number of sulfonamides is 1. The maximum atomic E-state index is 13.2. The molecule has 2 heterocycles. The fourth-order valence-corrected chi connectivity index (χ4v) is 6.28. The van der Waals surface area contributed by atoms with Gasteiger partial charge in [-0.05, 0) is 30.3 Å². The van der Waals surface area contributed by atoms with Gasteiger partial charge in [0.15, 0.2) is 0 Å². The highest BCUT2D eigenvalue weighted by Gasteiger charge is 2.33. The molecule has 0 aliphatic carbocycles. The highest BCUT2D eigenvalue weighted by molar-refractivity contribution is 7.99. The summed E-state index contributed by atoms with van der Waals surface area (Å²) in [5.74, 6) is -0.213. The van der Waals surface area contributed by atoms with Gasteiger partial charge in [-0.1, -0.05) is 25.1 Å². The van der Waals surface area contributed by atoms with Gasteiger partial charge in [0.2, 0.25) is 21.8 Å². The lowest BCUT2D eigenvalue weighted by atomic mass is 10.1. The van der Waals surface area contributed by atoms with Crippen molar-refractivity contribution in [1.82, 2.24) is 4.31 Å². The van der Waals surface area contributed by atoms with Crippen LogP contribution in [-0.2, 0) is 24.3 Å². The number of thioether (sulfide) groups is 1. The van der Waals surface area contributed by atoms with Crippen LogP contribution < -0.4 is 9.80 Å². The van der Waals surface area contributed by atoms with E-state index < -0.39 is 10.0 Å². The first-order valence-electron chi connectivity index (χ1n) is 10.8. The zero-order valence-electron chi connectivity index (χ0n) is 18.6. The Morgan fingerprint density at radius 2 is 1.85 bits per heavy atom. The fourth-order valence-electron chi connectivity index (χ4n) is 3.80. The Morgan fingerprint density at radius 1 is 1.15 bits per heavy atom. The van der Waals surface area contributed by atoms with E-state index in [-0.39, 0.29) is 42.3 Å². The van der Waals surface area contributed by atoms with Crippen LogP contribution in [0, 0.1) is 5.92 Å². The van der Waals surface area contributed by atoms with Gasteiger partial charge in [-0.25, -0.2) is 8.42 Å². The van der Waals surface area contributed by atoms with E-state index in [9.17, 15) is 18.0 Å². The molecule has 1 unspecified atom stereocenters. The molecule has 1 saturated heterocycles. The fraction of sp³-hybridized carbons (Fsp3) is 0.391. The monoisotopic (exact) mass is 489 g/mol. The lowest BCUT2D eigenvalue weighted by molar-refractivity contribution is -0.124. The van der Waals surface area contributed by atoms with Gasteiger partial charge in [0, 0.05) is 42.4 Å². The molecule has 2 amide bonds. The number of likely N-dealkylation sites (N-methyl/N-ethyl adjacent to an activating group) is 1. The van der Waals surface area contributed by atoms with E-state index in [0.29, 0.717) is 24.7 Å². The molecule has 8 nitrogen and oxygen atoms in total. The van der Waals surface area contributed by atoms with Gasteiger partial charge in [-0.2, -0.15) is 4.31 Å². The summed E-state index contributed by atoms with van der Waals surface area (Å²) in [4.78, 5) is 30.2. The number of amides is 2. The zero-order valence-corrected chi connectivity index (χ0v) is 20.3. The summed E-state index contributed by atoms with van der Waals surface area (Å²) >= 11 is 1.50. The Morgan fingerprint density at radius 3 is 2.55 bits per heavy atom. The molecular formula is C23H27N3O5S2. The Kier molecular flexibility index (Phi) is 7.08. The number of hydrogen-bond donors (Lipinski definition) is 0. The van der Waals surface area contributed by atoms with Crippen molar-refractivity contribution in [2.45, 2.75) is 16.7 Å². The predicted molar refractivity (Wildman–Crippen MR) is 128 cm³/mol. The van der Waals surface area contributed by atoms with E-state index in [1.807, 2.05) is 37.3 Å². The Bertz CT molecular complexity index is 1130. The number of nitrogens with zero attached hydrogens (tertiary/aromatic N) is 3. The van der Waals surface area contributed by atoms with Gasteiger partial charge >= 0.3 is 0 Å². The summed E-state index contributed by atoms with van der Waals surface area (Å²) in [7, 11) is -2.07. The van der Waals surface area contributed by atoms with Crippen LogP contribution in [-0.4, -0.2) is 70.2 Å². The van der Waals surface area contributed by atoms with Crippen LogP contribution >= 0.6 is 11.8 Å². The summed E-state index contributed by atoms with van der Waals surface area (Å²) in [5, 5.41) is 0. The molecule has 33 heavy (non-hydrogen) atoms. The van der Waals surface area contributed by atoms with Crippen molar-refractivity contribution in [2.24, 2.45) is 5.92 Å². The molecule has 4 rings (SSSR count). The maximum absolute atomic E-state index is 13.2. The van der Waals surface area contributed by atoms with Gasteiger partial charge in [0.1, 0.15) is 6.54 Å². The van der Waals surface area contributed by atoms with Crippen LogP contribution in [0.2, 0.25) is 0 Å². The second-order valence-electron chi connectivity index (χ2n) is 8.07. The van der Waals surface area contributed by atoms with E-state index in [2.05, 4.69) is 0 Å². The van der Waals surface area contributed by atoms with Crippen LogP contribution in [0.5, 0.6) is 0 Å². The number of rotatable bonds is 5. The highest BCUT2D eigenvalue weighted by atomic mass is 32.2. The SMILES string of the molecule is CC1CSc2ccc(S(=O)(=O)N3CCOCC3)cc2N(CC(=O)N(C)c2ccccc2)C1=O. The second-order valence-corrected chi connectivity index (χ2v) is 11.1. The Hall–Kier alpha value is -2.40. The van der Waals surface area contributed by atoms with Crippen molar-refractivity contribution in [1.29, 1.82) is 0 Å². The molecule has 0 bridgehead atoms. The average Bonchev–Trinajstić information content (AvgIpc) is 2.96. The Balaban J connectivity index is 1.68. The van der Waals surface area contributed by atoms with E-state index in [1.165, 1.54) is 31.9 Å². The van der Waals surface area contributed by atoms with E-state index in [0.717, 1.165) is 10.6 Å². The van der Waals surface area contributed by atoms with Crippen LogP contribution in [0.15, 0.2) is 58.3 Å². The number of carbonyl (C=O) groups excluding carboxylic acids is 2. The topological polar surface area (TPSA) is 87.2 Å². The number of para-hydroxylation sites is 1. The van der Waals surface area contributed by atoms with Crippen molar-refractivity contribution >= 4 is 45.0 Å². The molecule has 1 atom stereocenters. The average molecular weight is 490 g/mol. The van der Waals surface area contributed by atoms with Gasteiger partial charge in [0.05, 0.1) is 23.8 Å². The molecule has 1 fully saturated rings. The zero-order chi connectivity index (χ0) is 23.6. The van der Waals surface area contributed by atoms with Gasteiger partial charge < -0.3 is 14.5 Å². The van der Waals surface area contributed by atoms with E-state index in [4.69, 9.17) is 4.74 Å². The van der Waals surface area contributed by atoms with Gasteiger partial charge in [0.25, 0.3) is 0 Å². The first-order chi connectivity index (χ1) is 15.8. The lowest BCUT2D eigenvalue weighted by Crippen LogP contribution is -2.44. The van der Waals surface area contributed by atoms with Crippen molar-refractivity contribution in [3.8, 4) is 0 Å². The minimum atomic E-state index is -3.74. The van der Waals surface area contributed by atoms with Crippen molar-refractivity contribution < 1.29 is 22.7 Å². The van der Waals surface area contributed by atoms with E-state index in [1.54, 1.807) is 19.2 Å². The molecule has 0 N–H and O–H groups in total. The van der Waals surface area contributed by atoms with Crippen molar-refractivity contribution in [2.75, 3.05) is 55.4 Å². The first-order valence-corrected chi connectivity index (χ1v) is 13.2. The molecule has 2 aromatic carbocycles. The number of fused-ring (bicyclic) bond motifs is 1. The minimum Gasteiger partial charge on any atom is -0.379 e. The third kappa shape index (κ3) is 4.93. The summed E-state index contributed by atoms with van der Waals surface area (Å²) in [6, 6.07) is 14.0. The second kappa shape index (κ2) is 9.84. The molecule has 0 radical (unpaired) electrons. The summed E-state index contributed by atoms with van der Waals surface area (Å²) in [6.07, 6.45) is 0. The molecule has 10 heteroatoms. The quantitative estimate of drug-likeness (QED) is 0.641. The van der Waals surface area contributed by atoms with E-state index >= 15 is 0 Å². The number of anilines is 2. The molecule has 2 aromatic rings. The Labute approximate surface area is 198 Å². The highest BCUT2D eigenvalue weighted by Crippen LogP contribution is 2.38. The summed E-state index contributed by atoms with van der Waals surface area (Å²) in [5.41, 5.74) is 1.18. The van der Waals surface area contributed by atoms with Crippen LogP contribution in [0.3, 0.4) is 0 Å². The predicted octanol–water partition coefficient (Wildman–Crippen LogP) is 2.45. The lowest BCUT2D eigenvalue weighted by Gasteiger charge is -2.28. The molecule has 0 aromatic heterocycles. The number of ether oxygens (including phenoxy) is 1. The normalized spacial score (nSPS) is 19.6. The van der Waals surface area contributed by atoms with Crippen LogP contribution in [0.4, 0.5) is 11.4 Å². The molecular weight excluding hydrogens is 462 g/mol. The minimum absolute atomic E-state index is 0.111. The third-order valence-electron chi connectivity index (χ3n) is 5.82. The van der Waals surface area contributed by atoms with Gasteiger partial charge in [-0.15, -0.1) is 11.8 Å². The standard InChI is InChI=1S/C23H27N3O5S2/c1-17-16-32-21-9-8-19(33(29,30)25-10-12-31-13-11-25)14-20(21)26(23(17)28)15-22(27)24(2)18-6-4-3-5-7-18/h3-9,14,17H,10-13,15-16H2,1-2H3. The van der Waals surface area contributed by atoms with Crippen molar-refractivity contribution in [3.05, 3.63) is 48.5 Å². The molecule has 0 saturated carbocycles. The summed E-state index contributed by atoms with van der Waals surface area (Å²) < 4.78 is 33.1. The van der Waals surface area contributed by atoms with Crippen molar-refractivity contribution in [3.63, 3.8) is 0 Å². The third-order valence-corrected chi connectivity index (χ3v) is 9.03. The largest absolute Gasteiger partial charge is 0.379 e.